The molecule has 0 aliphatic carbocycles. The second-order valence-corrected chi connectivity index (χ2v) is 4.33. The summed E-state index contributed by atoms with van der Waals surface area (Å²) in [4.78, 5) is 11.6. The van der Waals surface area contributed by atoms with Crippen LogP contribution in [0, 0.1) is 5.82 Å². The molecule has 0 spiro atoms. The molecule has 0 fully saturated rings. The van der Waals surface area contributed by atoms with Crippen LogP contribution in [0.15, 0.2) is 29.2 Å². The van der Waals surface area contributed by atoms with Gasteiger partial charge in [-0.3, -0.25) is 4.79 Å². The van der Waals surface area contributed by atoms with E-state index in [1.165, 1.54) is 24.9 Å². The van der Waals surface area contributed by atoms with Gasteiger partial charge in [-0.05, 0) is 18.6 Å². The highest BCUT2D eigenvalue weighted by atomic mass is 32.2. The summed E-state index contributed by atoms with van der Waals surface area (Å²) < 4.78 is 17.7. The van der Waals surface area contributed by atoms with Crippen LogP contribution in [-0.4, -0.2) is 24.9 Å². The molecule has 1 atom stereocenters. The number of thioether (sulfide) groups is 1. The number of carbonyl (C=O) groups excluding carboxylic acids is 1. The number of halogens is 1. The molecule has 1 unspecified atom stereocenters. The Bertz CT molecular complexity index is 360. The first-order chi connectivity index (χ1) is 7.65. The topological polar surface area (TPSA) is 52.3 Å². The third-order valence-electron chi connectivity index (χ3n) is 2.03. The summed E-state index contributed by atoms with van der Waals surface area (Å²) in [5, 5.41) is 0. The maximum atomic E-state index is 13.2. The molecule has 0 aliphatic heterocycles. The molecule has 0 saturated heterocycles. The molecule has 1 aromatic carbocycles. The number of hydrogen-bond acceptors (Lipinski definition) is 4. The molecule has 1 aromatic rings. The second kappa shape index (κ2) is 6.50. The van der Waals surface area contributed by atoms with Gasteiger partial charge in [-0.2, -0.15) is 0 Å². The zero-order valence-corrected chi connectivity index (χ0v) is 9.80. The standard InChI is InChI=1S/C11H14FNO2S/c1-15-11(14)9(13)6-7-16-10-5-3-2-4-8(10)12/h2-5,9H,6-7,13H2,1H3. The first-order valence-corrected chi connectivity index (χ1v) is 5.84. The van der Waals surface area contributed by atoms with Crippen molar-refractivity contribution < 1.29 is 13.9 Å². The van der Waals surface area contributed by atoms with E-state index in [0.717, 1.165) is 0 Å². The van der Waals surface area contributed by atoms with Crippen molar-refractivity contribution in [3.63, 3.8) is 0 Å². The number of hydrogen-bond donors (Lipinski definition) is 1. The molecule has 5 heteroatoms. The van der Waals surface area contributed by atoms with Gasteiger partial charge in [-0.15, -0.1) is 11.8 Å². The lowest BCUT2D eigenvalue weighted by atomic mass is 10.2. The quantitative estimate of drug-likeness (QED) is 0.633. The molecule has 1 rings (SSSR count). The monoisotopic (exact) mass is 243 g/mol. The van der Waals surface area contributed by atoms with Crippen LogP contribution in [0.25, 0.3) is 0 Å². The molecule has 2 N–H and O–H groups in total. The lowest BCUT2D eigenvalue weighted by Crippen LogP contribution is -2.31. The molecular formula is C11H14FNO2S. The van der Waals surface area contributed by atoms with E-state index in [1.54, 1.807) is 18.2 Å². The van der Waals surface area contributed by atoms with Crippen molar-refractivity contribution in [2.45, 2.75) is 17.4 Å². The minimum absolute atomic E-state index is 0.251. The minimum Gasteiger partial charge on any atom is -0.468 e. The van der Waals surface area contributed by atoms with Gasteiger partial charge in [0.1, 0.15) is 11.9 Å². The van der Waals surface area contributed by atoms with Gasteiger partial charge in [0, 0.05) is 10.6 Å². The fourth-order valence-electron chi connectivity index (χ4n) is 1.13. The van der Waals surface area contributed by atoms with Gasteiger partial charge in [0.15, 0.2) is 0 Å². The molecular weight excluding hydrogens is 229 g/mol. The van der Waals surface area contributed by atoms with Crippen molar-refractivity contribution in [3.8, 4) is 0 Å². The highest BCUT2D eigenvalue weighted by Crippen LogP contribution is 2.22. The SMILES string of the molecule is COC(=O)C(N)CCSc1ccccc1F. The zero-order chi connectivity index (χ0) is 12.0. The number of esters is 1. The Labute approximate surface area is 98.2 Å². The van der Waals surface area contributed by atoms with Crippen molar-refractivity contribution in [1.29, 1.82) is 0 Å². The Morgan fingerprint density at radius 3 is 2.88 bits per heavy atom. The molecule has 88 valence electrons. The van der Waals surface area contributed by atoms with Gasteiger partial charge < -0.3 is 10.5 Å². The summed E-state index contributed by atoms with van der Waals surface area (Å²) in [7, 11) is 1.30. The highest BCUT2D eigenvalue weighted by molar-refractivity contribution is 7.99. The molecule has 3 nitrogen and oxygen atoms in total. The van der Waals surface area contributed by atoms with Crippen molar-refractivity contribution >= 4 is 17.7 Å². The number of methoxy groups -OCH3 is 1. The van der Waals surface area contributed by atoms with Gasteiger partial charge in [-0.1, -0.05) is 12.1 Å². The lowest BCUT2D eigenvalue weighted by Gasteiger charge is -2.08. The van der Waals surface area contributed by atoms with Crippen LogP contribution in [-0.2, 0) is 9.53 Å². The third-order valence-corrected chi connectivity index (χ3v) is 3.11. The first kappa shape index (κ1) is 13.0. The number of benzene rings is 1. The van der Waals surface area contributed by atoms with E-state index >= 15 is 0 Å². The fourth-order valence-corrected chi connectivity index (χ4v) is 2.10. The van der Waals surface area contributed by atoms with Gasteiger partial charge >= 0.3 is 5.97 Å². The lowest BCUT2D eigenvalue weighted by molar-refractivity contribution is -0.142. The van der Waals surface area contributed by atoms with Crippen LogP contribution in [0.3, 0.4) is 0 Å². The normalized spacial score (nSPS) is 12.2. The molecule has 0 bridgehead atoms. The van der Waals surface area contributed by atoms with Crippen LogP contribution in [0.5, 0.6) is 0 Å². The summed E-state index contributed by atoms with van der Waals surface area (Å²) in [5.74, 6) is -0.106. The average molecular weight is 243 g/mol. The highest BCUT2D eigenvalue weighted by Gasteiger charge is 2.13. The van der Waals surface area contributed by atoms with Crippen molar-refractivity contribution in [2.75, 3.05) is 12.9 Å². The molecule has 0 saturated carbocycles. The molecule has 0 aliphatic rings. The molecule has 0 heterocycles. The molecule has 16 heavy (non-hydrogen) atoms. The summed E-state index contributed by atoms with van der Waals surface area (Å²) in [6.45, 7) is 0. The van der Waals surface area contributed by atoms with Crippen LogP contribution in [0.4, 0.5) is 4.39 Å². The van der Waals surface area contributed by atoms with Crippen LogP contribution in [0.2, 0.25) is 0 Å². The van der Waals surface area contributed by atoms with Crippen LogP contribution in [0.1, 0.15) is 6.42 Å². The Morgan fingerprint density at radius 1 is 1.56 bits per heavy atom. The average Bonchev–Trinajstić information content (AvgIpc) is 2.30. The molecule has 0 amide bonds. The zero-order valence-electron chi connectivity index (χ0n) is 8.98. The summed E-state index contributed by atoms with van der Waals surface area (Å²) in [5.41, 5.74) is 5.55. The van der Waals surface area contributed by atoms with Crippen molar-refractivity contribution in [3.05, 3.63) is 30.1 Å². The van der Waals surface area contributed by atoms with E-state index in [0.29, 0.717) is 17.1 Å². The Hall–Kier alpha value is -1.07. The second-order valence-electron chi connectivity index (χ2n) is 3.20. The van der Waals surface area contributed by atoms with E-state index in [2.05, 4.69) is 4.74 Å². The number of rotatable bonds is 5. The summed E-state index contributed by atoms with van der Waals surface area (Å²) >= 11 is 1.34. The van der Waals surface area contributed by atoms with E-state index in [9.17, 15) is 9.18 Å². The van der Waals surface area contributed by atoms with E-state index < -0.39 is 12.0 Å². The van der Waals surface area contributed by atoms with E-state index in [-0.39, 0.29) is 5.82 Å². The molecule has 0 radical (unpaired) electrons. The largest absolute Gasteiger partial charge is 0.468 e. The maximum Gasteiger partial charge on any atom is 0.322 e. The maximum absolute atomic E-state index is 13.2. The van der Waals surface area contributed by atoms with E-state index in [4.69, 9.17) is 5.73 Å². The van der Waals surface area contributed by atoms with Crippen molar-refractivity contribution in [2.24, 2.45) is 5.73 Å². The third kappa shape index (κ3) is 3.83. The number of ether oxygens (including phenoxy) is 1. The van der Waals surface area contributed by atoms with Crippen LogP contribution < -0.4 is 5.73 Å². The van der Waals surface area contributed by atoms with Gasteiger partial charge in [0.2, 0.25) is 0 Å². The van der Waals surface area contributed by atoms with Crippen LogP contribution >= 0.6 is 11.8 Å². The Morgan fingerprint density at radius 2 is 2.25 bits per heavy atom. The summed E-state index contributed by atoms with van der Waals surface area (Å²) in [6, 6.07) is 5.88. The predicted octanol–water partition coefficient (Wildman–Crippen LogP) is 1.81. The number of nitrogens with two attached hydrogens (primary N) is 1. The Kier molecular flexibility index (Phi) is 5.28. The van der Waals surface area contributed by atoms with Gasteiger partial charge in [-0.25, -0.2) is 4.39 Å². The summed E-state index contributed by atoms with van der Waals surface area (Å²) in [6.07, 6.45) is 0.464. The Balaban J connectivity index is 2.36. The van der Waals surface area contributed by atoms with Crippen molar-refractivity contribution in [1.82, 2.24) is 0 Å². The fraction of sp³-hybridized carbons (Fsp3) is 0.364. The van der Waals surface area contributed by atoms with Gasteiger partial charge in [0.25, 0.3) is 0 Å². The minimum atomic E-state index is -0.635. The van der Waals surface area contributed by atoms with Gasteiger partial charge in [0.05, 0.1) is 7.11 Å². The first-order valence-electron chi connectivity index (χ1n) is 4.86. The van der Waals surface area contributed by atoms with E-state index in [1.807, 2.05) is 0 Å². The number of carbonyl (C=O) groups is 1. The smallest absolute Gasteiger partial charge is 0.322 e. The predicted molar refractivity (Wildman–Crippen MR) is 61.7 cm³/mol. The molecule has 0 aromatic heterocycles.